The molecule has 1 aromatic rings. The van der Waals surface area contributed by atoms with Gasteiger partial charge in [-0.3, -0.25) is 23.2 Å². The lowest BCUT2D eigenvalue weighted by Gasteiger charge is -2.21. The Morgan fingerprint density at radius 2 is 1.27 bits per heavy atom. The Balaban J connectivity index is 1.39. The number of aliphatic hydroxyl groups excluding tert-OH is 2. The van der Waals surface area contributed by atoms with Crippen molar-refractivity contribution in [3.63, 3.8) is 0 Å². The molecule has 19 nitrogen and oxygen atoms in total. The minimum absolute atomic E-state index is 0.0348. The van der Waals surface area contributed by atoms with Crippen LogP contribution in [0.25, 0.3) is 0 Å². The van der Waals surface area contributed by atoms with Crippen LogP contribution in [0.3, 0.4) is 0 Å². The number of carbonyl (C=O) groups is 2. The Hall–Kier alpha value is -3.06. The maximum Gasteiger partial charge on any atom is 0.481 e. The molecular formula is C50H85N3O16P2. The average molecular weight is 1050 g/mol. The number of rotatable bonds is 42. The minimum atomic E-state index is -5.43. The number of nitrogens with two attached hydrogens (primary N) is 1. The Bertz CT molecular complexity index is 1900. The van der Waals surface area contributed by atoms with E-state index in [1.54, 1.807) is 0 Å². The highest BCUT2D eigenvalue weighted by Gasteiger charge is 2.46. The molecule has 0 amide bonds. The summed E-state index contributed by atoms with van der Waals surface area (Å²) in [6.45, 7) is 2.08. The highest BCUT2D eigenvalue weighted by Crippen LogP contribution is 2.60. The van der Waals surface area contributed by atoms with Gasteiger partial charge in [0.2, 0.25) is 0 Å². The number of ether oxygens (including phenoxy) is 4. The van der Waals surface area contributed by atoms with E-state index in [2.05, 4.69) is 59.6 Å². The minimum Gasteiger partial charge on any atom is -0.462 e. The fraction of sp³-hybridized carbons (Fsp3) is 0.760. The zero-order valence-electron chi connectivity index (χ0n) is 42.2. The number of nitrogen functional groups attached to an aromatic ring is 1. The lowest BCUT2D eigenvalue weighted by molar-refractivity contribution is -0.161. The van der Waals surface area contributed by atoms with Crippen LogP contribution >= 0.6 is 15.6 Å². The van der Waals surface area contributed by atoms with Crippen LogP contribution in [0.2, 0.25) is 0 Å². The standard InChI is InChI=1S/C50H85N3O16P2/c1-3-5-7-9-11-12-13-14-15-16-17-18-19-20-21-25-30-34-46(55)66-40(37-63-45(54)33-29-26-22-24-28-32-42-41(67-42)31-27-23-10-8-6-4-2)38-64-70(59,60)69-71(61,62)65-39-43-47(56)48(57)49(68-43)53-36-35-44(51)52-50(53)58/h11-12,14-15,23,27,35-36,40-43,47-49,56-57H,3-10,13,16-22,24-26,28-34,37-39H2,1-2H3,(H,59,60)(H,61,62)(H2,51,52,58)/b12-11-,15-14-,27-23-/t40-,41?,42?,43-,47-,48-,49-/m1/s1. The molecule has 406 valence electrons. The van der Waals surface area contributed by atoms with Gasteiger partial charge in [-0.15, -0.1) is 0 Å². The van der Waals surface area contributed by atoms with E-state index in [0.29, 0.717) is 25.0 Å². The van der Waals surface area contributed by atoms with E-state index in [1.807, 2.05) is 0 Å². The molecule has 0 aromatic carbocycles. The topological polar surface area (TPSA) is 278 Å². The fourth-order valence-electron chi connectivity index (χ4n) is 7.94. The number of carbonyl (C=O) groups excluding carboxylic acids is 2. The normalized spacial score (nSPS) is 22.3. The highest BCUT2D eigenvalue weighted by atomic mass is 31.3. The molecule has 0 saturated carbocycles. The molecule has 0 aliphatic carbocycles. The number of nitrogens with zero attached hydrogens (tertiary/aromatic N) is 2. The number of hydrogen-bond acceptors (Lipinski definition) is 16. The second kappa shape index (κ2) is 36.0. The van der Waals surface area contributed by atoms with Crippen molar-refractivity contribution in [1.29, 1.82) is 0 Å². The van der Waals surface area contributed by atoms with Gasteiger partial charge in [-0.1, -0.05) is 134 Å². The summed E-state index contributed by atoms with van der Waals surface area (Å²) in [6, 6.07) is 1.25. The predicted octanol–water partition coefficient (Wildman–Crippen LogP) is 9.77. The van der Waals surface area contributed by atoms with Crippen LogP contribution in [0, 0.1) is 0 Å². The molecule has 9 atom stereocenters. The van der Waals surface area contributed by atoms with Gasteiger partial charge in [0.15, 0.2) is 12.3 Å². The number of aromatic nitrogens is 2. The van der Waals surface area contributed by atoms with E-state index in [4.69, 9.17) is 33.7 Å². The third kappa shape index (κ3) is 28.3. The van der Waals surface area contributed by atoms with E-state index in [-0.39, 0.29) is 18.7 Å². The Morgan fingerprint density at radius 1 is 0.704 bits per heavy atom. The molecule has 3 heterocycles. The fourth-order valence-corrected chi connectivity index (χ4v) is 10.0. The summed E-state index contributed by atoms with van der Waals surface area (Å²) in [4.78, 5) is 62.0. The maximum absolute atomic E-state index is 12.9. The number of phosphoric ester groups is 2. The SMILES string of the molecule is CCCCC/C=C\C/C=C\CCCCCCCCCC(=O)O[C@H](COC(=O)CCCCCCCC1OC1C/C=C\CCCCC)COP(=O)(O)OP(=O)(O)OC[C@H]1O[C@@H](n2ccc(N)nc2=O)[C@H](O)[C@@H]1O. The molecule has 2 saturated heterocycles. The number of unbranched alkanes of at least 4 members (excludes halogenated alkanes) is 17. The van der Waals surface area contributed by atoms with Gasteiger partial charge < -0.3 is 44.7 Å². The molecule has 2 aliphatic rings. The van der Waals surface area contributed by atoms with Gasteiger partial charge in [0.05, 0.1) is 25.4 Å². The van der Waals surface area contributed by atoms with Crippen molar-refractivity contribution in [2.45, 2.75) is 224 Å². The smallest absolute Gasteiger partial charge is 0.462 e. The van der Waals surface area contributed by atoms with Crippen LogP contribution in [0.5, 0.6) is 0 Å². The summed E-state index contributed by atoms with van der Waals surface area (Å²) >= 11 is 0. The number of hydrogen-bond donors (Lipinski definition) is 5. The molecule has 21 heteroatoms. The summed E-state index contributed by atoms with van der Waals surface area (Å²) in [5.41, 5.74) is 4.59. The summed E-state index contributed by atoms with van der Waals surface area (Å²) < 4.78 is 62.7. The molecule has 3 rings (SSSR count). The van der Waals surface area contributed by atoms with Crippen molar-refractivity contribution in [2.75, 3.05) is 25.6 Å². The number of anilines is 1. The molecule has 0 radical (unpaired) electrons. The number of allylic oxidation sites excluding steroid dienone is 5. The van der Waals surface area contributed by atoms with Gasteiger partial charge in [0, 0.05) is 19.0 Å². The van der Waals surface area contributed by atoms with Gasteiger partial charge in [-0.25, -0.2) is 13.9 Å². The molecule has 0 bridgehead atoms. The van der Waals surface area contributed by atoms with Gasteiger partial charge in [0.25, 0.3) is 0 Å². The number of aliphatic hydroxyl groups is 2. The van der Waals surface area contributed by atoms with E-state index in [9.17, 15) is 43.5 Å². The van der Waals surface area contributed by atoms with Crippen LogP contribution < -0.4 is 11.4 Å². The van der Waals surface area contributed by atoms with Gasteiger partial charge in [0.1, 0.15) is 30.7 Å². The predicted molar refractivity (Wildman–Crippen MR) is 270 cm³/mol. The zero-order chi connectivity index (χ0) is 51.7. The summed E-state index contributed by atoms with van der Waals surface area (Å²) in [7, 11) is -10.9. The number of phosphoric acid groups is 2. The van der Waals surface area contributed by atoms with E-state index < -0.39 is 83.7 Å². The van der Waals surface area contributed by atoms with Crippen LogP contribution in [0.4, 0.5) is 5.82 Å². The average Bonchev–Trinajstić information content (AvgIpc) is 4.02. The van der Waals surface area contributed by atoms with E-state index in [1.165, 1.54) is 44.6 Å². The molecule has 0 spiro atoms. The second-order valence-corrected chi connectivity index (χ2v) is 21.4. The summed E-state index contributed by atoms with van der Waals surface area (Å²) in [6.07, 6.45) is 32.3. The lowest BCUT2D eigenvalue weighted by atomic mass is 10.1. The Morgan fingerprint density at radius 3 is 1.90 bits per heavy atom. The first-order valence-electron chi connectivity index (χ1n) is 26.1. The molecular weight excluding hydrogens is 961 g/mol. The van der Waals surface area contributed by atoms with Crippen molar-refractivity contribution >= 4 is 33.4 Å². The third-order valence-corrected chi connectivity index (χ3v) is 14.7. The Labute approximate surface area is 421 Å². The Kier molecular flexibility index (Phi) is 31.5. The quantitative estimate of drug-likeness (QED) is 0.0134. The van der Waals surface area contributed by atoms with Crippen LogP contribution in [-0.2, 0) is 51.0 Å². The molecule has 2 aliphatic heterocycles. The lowest BCUT2D eigenvalue weighted by Crippen LogP contribution is -2.36. The number of esters is 2. The summed E-state index contributed by atoms with van der Waals surface area (Å²) in [5.74, 6) is -1.33. The largest absolute Gasteiger partial charge is 0.481 e. The van der Waals surface area contributed by atoms with E-state index in [0.717, 1.165) is 113 Å². The summed E-state index contributed by atoms with van der Waals surface area (Å²) in [5, 5.41) is 20.9. The van der Waals surface area contributed by atoms with Crippen molar-refractivity contribution in [3.8, 4) is 0 Å². The molecule has 4 unspecified atom stereocenters. The van der Waals surface area contributed by atoms with Crippen LogP contribution in [0.1, 0.15) is 187 Å². The van der Waals surface area contributed by atoms with Crippen LogP contribution in [0.15, 0.2) is 53.5 Å². The van der Waals surface area contributed by atoms with Gasteiger partial charge in [-0.05, 0) is 76.7 Å². The monoisotopic (exact) mass is 1050 g/mol. The maximum atomic E-state index is 12.9. The first-order valence-corrected chi connectivity index (χ1v) is 29.1. The van der Waals surface area contributed by atoms with Crippen molar-refractivity contribution < 1.29 is 71.0 Å². The molecule has 6 N–H and O–H groups in total. The molecule has 2 fully saturated rings. The molecule has 71 heavy (non-hydrogen) atoms. The first kappa shape index (κ1) is 62.2. The van der Waals surface area contributed by atoms with Crippen molar-refractivity contribution in [1.82, 2.24) is 9.55 Å². The number of epoxide rings is 1. The second-order valence-electron chi connectivity index (χ2n) is 18.4. The molecule has 1 aromatic heterocycles. The van der Waals surface area contributed by atoms with Crippen molar-refractivity contribution in [2.24, 2.45) is 0 Å². The van der Waals surface area contributed by atoms with Gasteiger partial charge >= 0.3 is 33.3 Å². The van der Waals surface area contributed by atoms with Gasteiger partial charge in [-0.2, -0.15) is 9.29 Å². The van der Waals surface area contributed by atoms with E-state index >= 15 is 0 Å². The first-order chi connectivity index (χ1) is 34.1. The third-order valence-electron chi connectivity index (χ3n) is 12.1. The highest BCUT2D eigenvalue weighted by molar-refractivity contribution is 7.61. The zero-order valence-corrected chi connectivity index (χ0v) is 44.0. The van der Waals surface area contributed by atoms with Crippen molar-refractivity contribution in [3.05, 3.63) is 59.2 Å². The van der Waals surface area contributed by atoms with Crippen LogP contribution in [-0.4, -0.2) is 97.9 Å².